The van der Waals surface area contributed by atoms with Gasteiger partial charge in [0.2, 0.25) is 0 Å². The molecule has 1 atom stereocenters. The van der Waals surface area contributed by atoms with Crippen molar-refractivity contribution in [1.29, 1.82) is 0 Å². The molecule has 2 heterocycles. The average Bonchev–Trinajstić information content (AvgIpc) is 2.39. The van der Waals surface area contributed by atoms with E-state index in [4.69, 9.17) is 22.7 Å². The fraction of sp³-hybridized carbons (Fsp3) is 0.571. The Balaban J connectivity index is 2.14. The van der Waals surface area contributed by atoms with Gasteiger partial charge in [-0.1, -0.05) is 12.2 Å². The quantitative estimate of drug-likeness (QED) is 0.853. The normalized spacial score (nSPS) is 19.2. The van der Waals surface area contributed by atoms with Gasteiger partial charge in [-0.05, 0) is 37.8 Å². The first-order valence-electron chi connectivity index (χ1n) is 6.64. The Hall–Kier alpha value is -1.20. The number of nitrogens with two attached hydrogens (primary N) is 1. The zero-order valence-corrected chi connectivity index (χ0v) is 12.4. The highest BCUT2D eigenvalue weighted by molar-refractivity contribution is 7.80. The van der Waals surface area contributed by atoms with Gasteiger partial charge in [0.1, 0.15) is 10.8 Å². The molecule has 1 saturated heterocycles. The number of hydrogen-bond acceptors (Lipinski definition) is 4. The van der Waals surface area contributed by atoms with E-state index in [-0.39, 0.29) is 0 Å². The van der Waals surface area contributed by atoms with Crippen molar-refractivity contribution >= 4 is 23.0 Å². The fourth-order valence-electron chi connectivity index (χ4n) is 2.45. The Labute approximate surface area is 120 Å². The average molecular weight is 279 g/mol. The SMILES string of the molecule is Cc1ccc(C(N)=S)c(N(C)CC2CCCOC2)n1. The van der Waals surface area contributed by atoms with Gasteiger partial charge in [0.25, 0.3) is 0 Å². The third kappa shape index (κ3) is 3.64. The van der Waals surface area contributed by atoms with Gasteiger partial charge in [-0.25, -0.2) is 4.98 Å². The van der Waals surface area contributed by atoms with Crippen LogP contribution in [0.3, 0.4) is 0 Å². The van der Waals surface area contributed by atoms with Gasteiger partial charge in [-0.3, -0.25) is 0 Å². The van der Waals surface area contributed by atoms with Crippen LogP contribution in [0.25, 0.3) is 0 Å². The number of rotatable bonds is 4. The predicted octanol–water partition coefficient (Wildman–Crippen LogP) is 1.89. The maximum Gasteiger partial charge on any atom is 0.138 e. The summed E-state index contributed by atoms with van der Waals surface area (Å²) in [5.41, 5.74) is 7.60. The Morgan fingerprint density at radius 3 is 3.00 bits per heavy atom. The number of hydrogen-bond donors (Lipinski definition) is 1. The first kappa shape index (κ1) is 14.2. The molecule has 2 rings (SSSR count). The summed E-state index contributed by atoms with van der Waals surface area (Å²) >= 11 is 5.10. The van der Waals surface area contributed by atoms with Crippen LogP contribution in [-0.2, 0) is 4.74 Å². The van der Waals surface area contributed by atoms with Gasteiger partial charge in [-0.2, -0.15) is 0 Å². The molecule has 1 aliphatic rings. The van der Waals surface area contributed by atoms with Gasteiger partial charge in [-0.15, -0.1) is 0 Å². The van der Waals surface area contributed by atoms with Gasteiger partial charge in [0, 0.05) is 25.9 Å². The fourth-order valence-corrected chi connectivity index (χ4v) is 2.61. The number of anilines is 1. The van der Waals surface area contributed by atoms with Crippen molar-refractivity contribution in [3.8, 4) is 0 Å². The lowest BCUT2D eigenvalue weighted by molar-refractivity contribution is 0.0576. The van der Waals surface area contributed by atoms with Crippen LogP contribution in [0.1, 0.15) is 24.1 Å². The minimum atomic E-state index is 0.397. The molecule has 5 heteroatoms. The predicted molar refractivity (Wildman–Crippen MR) is 81.7 cm³/mol. The summed E-state index contributed by atoms with van der Waals surface area (Å²) in [5.74, 6) is 1.43. The van der Waals surface area contributed by atoms with Crippen molar-refractivity contribution in [3.05, 3.63) is 23.4 Å². The van der Waals surface area contributed by atoms with E-state index in [1.54, 1.807) is 0 Å². The highest BCUT2D eigenvalue weighted by Crippen LogP contribution is 2.21. The van der Waals surface area contributed by atoms with Crippen LogP contribution >= 0.6 is 12.2 Å². The summed E-state index contributed by atoms with van der Waals surface area (Å²) < 4.78 is 5.52. The molecule has 1 aliphatic heterocycles. The van der Waals surface area contributed by atoms with Crippen molar-refractivity contribution in [2.45, 2.75) is 19.8 Å². The molecule has 0 spiro atoms. The summed E-state index contributed by atoms with van der Waals surface area (Å²) in [4.78, 5) is 7.11. The van der Waals surface area contributed by atoms with Crippen molar-refractivity contribution in [3.63, 3.8) is 0 Å². The molecule has 0 aromatic carbocycles. The zero-order chi connectivity index (χ0) is 13.8. The minimum absolute atomic E-state index is 0.397. The number of nitrogens with zero attached hydrogens (tertiary/aromatic N) is 2. The Bertz CT molecular complexity index is 458. The Morgan fingerprint density at radius 2 is 2.37 bits per heavy atom. The van der Waals surface area contributed by atoms with E-state index in [0.29, 0.717) is 10.9 Å². The lowest BCUT2D eigenvalue weighted by Gasteiger charge is -2.28. The molecule has 104 valence electrons. The molecule has 2 N–H and O–H groups in total. The molecule has 1 aromatic rings. The summed E-state index contributed by atoms with van der Waals surface area (Å²) in [7, 11) is 2.04. The van der Waals surface area contributed by atoms with Crippen molar-refractivity contribution in [1.82, 2.24) is 4.98 Å². The van der Waals surface area contributed by atoms with Crippen molar-refractivity contribution in [2.24, 2.45) is 11.7 Å². The molecule has 0 bridgehead atoms. The van der Waals surface area contributed by atoms with E-state index in [2.05, 4.69) is 9.88 Å². The van der Waals surface area contributed by atoms with Crippen LogP contribution in [0.2, 0.25) is 0 Å². The van der Waals surface area contributed by atoms with Gasteiger partial charge < -0.3 is 15.4 Å². The van der Waals surface area contributed by atoms with E-state index in [0.717, 1.165) is 43.3 Å². The Kier molecular flexibility index (Phi) is 4.71. The van der Waals surface area contributed by atoms with E-state index < -0.39 is 0 Å². The first-order valence-corrected chi connectivity index (χ1v) is 7.05. The Morgan fingerprint density at radius 1 is 1.58 bits per heavy atom. The van der Waals surface area contributed by atoms with Crippen LogP contribution in [0.5, 0.6) is 0 Å². The van der Waals surface area contributed by atoms with Crippen molar-refractivity contribution < 1.29 is 4.74 Å². The largest absolute Gasteiger partial charge is 0.389 e. The first-order chi connectivity index (χ1) is 9.08. The monoisotopic (exact) mass is 279 g/mol. The van der Waals surface area contributed by atoms with Gasteiger partial charge in [0.05, 0.1) is 12.2 Å². The molecule has 4 nitrogen and oxygen atoms in total. The maximum atomic E-state index is 5.78. The number of aromatic nitrogens is 1. The number of aryl methyl sites for hydroxylation is 1. The molecule has 0 amide bonds. The molecule has 0 radical (unpaired) electrons. The van der Waals surface area contributed by atoms with Crippen LogP contribution in [0.4, 0.5) is 5.82 Å². The third-order valence-electron chi connectivity index (χ3n) is 3.43. The molecule has 1 unspecified atom stereocenters. The number of thiocarbonyl (C=S) groups is 1. The van der Waals surface area contributed by atoms with Crippen LogP contribution in [0.15, 0.2) is 12.1 Å². The lowest BCUT2D eigenvalue weighted by atomic mass is 10.0. The van der Waals surface area contributed by atoms with Crippen LogP contribution in [-0.4, -0.2) is 36.8 Å². The summed E-state index contributed by atoms with van der Waals surface area (Å²) in [6.45, 7) is 4.62. The highest BCUT2D eigenvalue weighted by Gasteiger charge is 2.19. The van der Waals surface area contributed by atoms with Crippen LogP contribution in [0, 0.1) is 12.8 Å². The molecular weight excluding hydrogens is 258 g/mol. The summed E-state index contributed by atoms with van der Waals surface area (Å²) in [6.07, 6.45) is 2.35. The molecule has 0 aliphatic carbocycles. The summed E-state index contributed by atoms with van der Waals surface area (Å²) in [5, 5.41) is 0. The third-order valence-corrected chi connectivity index (χ3v) is 3.65. The second-order valence-electron chi connectivity index (χ2n) is 5.15. The van der Waals surface area contributed by atoms with Gasteiger partial charge >= 0.3 is 0 Å². The number of pyridine rings is 1. The number of ether oxygens (including phenoxy) is 1. The van der Waals surface area contributed by atoms with E-state index in [9.17, 15) is 0 Å². The molecular formula is C14H21N3OS. The lowest BCUT2D eigenvalue weighted by Crippen LogP contribution is -2.32. The van der Waals surface area contributed by atoms with E-state index in [1.807, 2.05) is 26.1 Å². The van der Waals surface area contributed by atoms with Crippen LogP contribution < -0.4 is 10.6 Å². The standard InChI is InChI=1S/C14H21N3OS/c1-10-5-6-12(13(15)19)14(16-10)17(2)8-11-4-3-7-18-9-11/h5-6,11H,3-4,7-9H2,1-2H3,(H2,15,19). The topological polar surface area (TPSA) is 51.4 Å². The smallest absolute Gasteiger partial charge is 0.138 e. The van der Waals surface area contributed by atoms with Gasteiger partial charge in [0.15, 0.2) is 0 Å². The van der Waals surface area contributed by atoms with Crippen molar-refractivity contribution in [2.75, 3.05) is 31.7 Å². The maximum absolute atomic E-state index is 5.78. The molecule has 1 fully saturated rings. The molecule has 19 heavy (non-hydrogen) atoms. The minimum Gasteiger partial charge on any atom is -0.389 e. The second-order valence-corrected chi connectivity index (χ2v) is 5.59. The molecule has 1 aromatic heterocycles. The van der Waals surface area contributed by atoms with E-state index >= 15 is 0 Å². The highest BCUT2D eigenvalue weighted by atomic mass is 32.1. The molecule has 0 saturated carbocycles. The van der Waals surface area contributed by atoms with E-state index in [1.165, 1.54) is 6.42 Å². The summed E-state index contributed by atoms with van der Waals surface area (Å²) in [6, 6.07) is 3.89. The second kappa shape index (κ2) is 6.30. The zero-order valence-electron chi connectivity index (χ0n) is 11.6.